The topological polar surface area (TPSA) is 43.6 Å². The summed E-state index contributed by atoms with van der Waals surface area (Å²) in [5, 5.41) is 2.51. The Hall–Kier alpha value is -6.65. The molecule has 0 radical (unpaired) electrons. The summed E-state index contributed by atoms with van der Waals surface area (Å²) in [6.07, 6.45) is 0. The van der Waals surface area contributed by atoms with Gasteiger partial charge < -0.3 is 4.57 Å². The summed E-state index contributed by atoms with van der Waals surface area (Å²) in [6, 6.07) is 59.9. The molecule has 0 saturated heterocycles. The van der Waals surface area contributed by atoms with Crippen molar-refractivity contribution in [2.24, 2.45) is 0 Å². The lowest BCUT2D eigenvalue weighted by Crippen LogP contribution is -2.14. The summed E-state index contributed by atoms with van der Waals surface area (Å²) in [5.41, 5.74) is 13.9. The monoisotopic (exact) mass is 666 g/mol. The van der Waals surface area contributed by atoms with E-state index in [0.29, 0.717) is 17.5 Å². The van der Waals surface area contributed by atoms with Crippen molar-refractivity contribution in [2.45, 2.75) is 19.3 Å². The third-order valence-corrected chi connectivity index (χ3v) is 10.7. The molecule has 52 heavy (non-hydrogen) atoms. The van der Waals surface area contributed by atoms with Crippen molar-refractivity contribution < 1.29 is 0 Å². The van der Waals surface area contributed by atoms with Gasteiger partial charge in [0.25, 0.3) is 0 Å². The van der Waals surface area contributed by atoms with E-state index in [1.54, 1.807) is 0 Å². The minimum absolute atomic E-state index is 0.0861. The quantitative estimate of drug-likeness (QED) is 0.184. The predicted molar refractivity (Wildman–Crippen MR) is 213 cm³/mol. The Morgan fingerprint density at radius 2 is 0.962 bits per heavy atom. The van der Waals surface area contributed by atoms with E-state index in [0.717, 1.165) is 33.5 Å². The largest absolute Gasteiger partial charge is 0.309 e. The van der Waals surface area contributed by atoms with Crippen LogP contribution in [0.1, 0.15) is 25.0 Å². The lowest BCUT2D eigenvalue weighted by Gasteiger charge is -2.21. The molecule has 0 amide bonds. The molecule has 4 heteroatoms. The smallest absolute Gasteiger partial charge is 0.164 e. The molecule has 246 valence electrons. The molecule has 0 aliphatic heterocycles. The second kappa shape index (κ2) is 11.7. The van der Waals surface area contributed by atoms with Gasteiger partial charge in [-0.25, -0.2) is 15.0 Å². The molecule has 2 heterocycles. The molecular formula is C48H34N4. The number of hydrogen-bond donors (Lipinski definition) is 0. The Balaban J connectivity index is 1.16. The Kier molecular flexibility index (Phi) is 6.80. The van der Waals surface area contributed by atoms with Gasteiger partial charge in [-0.3, -0.25) is 0 Å². The number of para-hydroxylation sites is 1. The van der Waals surface area contributed by atoms with Gasteiger partial charge in [-0.15, -0.1) is 0 Å². The van der Waals surface area contributed by atoms with E-state index in [4.69, 9.17) is 15.0 Å². The van der Waals surface area contributed by atoms with Crippen LogP contribution >= 0.6 is 0 Å². The Morgan fingerprint density at radius 3 is 1.69 bits per heavy atom. The Bertz CT molecular complexity index is 2800. The van der Waals surface area contributed by atoms with Crippen LogP contribution in [0.15, 0.2) is 170 Å². The highest BCUT2D eigenvalue weighted by Crippen LogP contribution is 2.52. The van der Waals surface area contributed by atoms with E-state index >= 15 is 0 Å². The van der Waals surface area contributed by atoms with Gasteiger partial charge in [0.15, 0.2) is 17.5 Å². The van der Waals surface area contributed by atoms with E-state index in [2.05, 4.69) is 158 Å². The van der Waals surface area contributed by atoms with Crippen molar-refractivity contribution in [3.8, 4) is 62.1 Å². The van der Waals surface area contributed by atoms with E-state index in [9.17, 15) is 0 Å². The summed E-state index contributed by atoms with van der Waals surface area (Å²) in [5.74, 6) is 1.93. The first-order valence-corrected chi connectivity index (χ1v) is 17.8. The van der Waals surface area contributed by atoms with Gasteiger partial charge in [-0.1, -0.05) is 153 Å². The first-order valence-electron chi connectivity index (χ1n) is 17.8. The SMILES string of the molecule is CC1(C)c2ccccc2-c2c1ccc1c3ccccc3n(-c3ccc(-c4nc(-c5ccccc5)nc(-c5ccccc5-c5ccccc5)n4)cc3)c21. The van der Waals surface area contributed by atoms with E-state index < -0.39 is 0 Å². The van der Waals surface area contributed by atoms with Crippen LogP contribution in [0.25, 0.3) is 83.9 Å². The van der Waals surface area contributed by atoms with Crippen LogP contribution in [0.2, 0.25) is 0 Å². The summed E-state index contributed by atoms with van der Waals surface area (Å²) < 4.78 is 2.44. The maximum Gasteiger partial charge on any atom is 0.164 e. The first kappa shape index (κ1) is 30.2. The molecule has 0 saturated carbocycles. The van der Waals surface area contributed by atoms with Gasteiger partial charge in [0.1, 0.15) is 0 Å². The normalized spacial score (nSPS) is 13.0. The minimum Gasteiger partial charge on any atom is -0.309 e. The average Bonchev–Trinajstić information content (AvgIpc) is 3.67. The molecule has 0 fully saturated rings. The van der Waals surface area contributed by atoms with Crippen LogP contribution in [0.4, 0.5) is 0 Å². The lowest BCUT2D eigenvalue weighted by molar-refractivity contribution is 0.661. The van der Waals surface area contributed by atoms with Crippen LogP contribution in [-0.2, 0) is 5.41 Å². The molecule has 1 aliphatic carbocycles. The zero-order chi connectivity index (χ0) is 34.8. The molecule has 1 aliphatic rings. The highest BCUT2D eigenvalue weighted by atomic mass is 15.0. The third-order valence-electron chi connectivity index (χ3n) is 10.7. The molecular weight excluding hydrogens is 633 g/mol. The zero-order valence-electron chi connectivity index (χ0n) is 29.0. The molecule has 7 aromatic carbocycles. The fraction of sp³-hybridized carbons (Fsp3) is 0.0625. The Morgan fingerprint density at radius 1 is 0.404 bits per heavy atom. The summed E-state index contributed by atoms with van der Waals surface area (Å²) in [7, 11) is 0. The van der Waals surface area contributed by atoms with Gasteiger partial charge in [0.05, 0.1) is 11.0 Å². The van der Waals surface area contributed by atoms with Gasteiger partial charge in [0.2, 0.25) is 0 Å². The number of hydrogen-bond acceptors (Lipinski definition) is 3. The molecule has 0 N–H and O–H groups in total. The maximum atomic E-state index is 5.14. The molecule has 0 unspecified atom stereocenters. The average molecular weight is 667 g/mol. The van der Waals surface area contributed by atoms with Gasteiger partial charge in [0, 0.05) is 44.1 Å². The summed E-state index contributed by atoms with van der Waals surface area (Å²) >= 11 is 0. The van der Waals surface area contributed by atoms with Crippen LogP contribution < -0.4 is 0 Å². The molecule has 4 nitrogen and oxygen atoms in total. The van der Waals surface area contributed by atoms with E-state index in [-0.39, 0.29) is 5.41 Å². The number of fused-ring (bicyclic) bond motifs is 7. The van der Waals surface area contributed by atoms with E-state index in [1.165, 1.54) is 44.1 Å². The van der Waals surface area contributed by atoms with Crippen LogP contribution in [0.3, 0.4) is 0 Å². The van der Waals surface area contributed by atoms with Crippen LogP contribution in [0, 0.1) is 0 Å². The highest BCUT2D eigenvalue weighted by molar-refractivity contribution is 6.15. The van der Waals surface area contributed by atoms with Crippen molar-refractivity contribution in [2.75, 3.05) is 0 Å². The van der Waals surface area contributed by atoms with Crippen molar-refractivity contribution >= 4 is 21.8 Å². The molecule has 2 aromatic heterocycles. The maximum absolute atomic E-state index is 5.14. The summed E-state index contributed by atoms with van der Waals surface area (Å²) in [6.45, 7) is 4.69. The fourth-order valence-corrected chi connectivity index (χ4v) is 8.16. The highest BCUT2D eigenvalue weighted by Gasteiger charge is 2.37. The second-order valence-electron chi connectivity index (χ2n) is 14.0. The standard InChI is InChI=1S/C48H34N4/c1-48(2)40-23-13-11-22-39(40)43-41(48)30-29-37-36-20-12-14-24-42(36)52(44(37)43)34-27-25-33(26-28-34)46-49-45(32-17-7-4-8-18-32)50-47(51-46)38-21-10-9-19-35(38)31-15-5-3-6-16-31/h3-30H,1-2H3. The van der Waals surface area contributed by atoms with Gasteiger partial charge in [-0.05, 0) is 58.1 Å². The van der Waals surface area contributed by atoms with Crippen LogP contribution in [0.5, 0.6) is 0 Å². The molecule has 0 spiro atoms. The Labute approximate surface area is 302 Å². The predicted octanol–water partition coefficient (Wildman–Crippen LogP) is 11.9. The van der Waals surface area contributed by atoms with Crippen molar-refractivity contribution in [3.63, 3.8) is 0 Å². The number of benzene rings is 7. The molecule has 9 aromatic rings. The van der Waals surface area contributed by atoms with Gasteiger partial charge >= 0.3 is 0 Å². The number of aromatic nitrogens is 4. The lowest BCUT2D eigenvalue weighted by atomic mass is 9.82. The first-order chi connectivity index (χ1) is 25.6. The van der Waals surface area contributed by atoms with Crippen molar-refractivity contribution in [1.29, 1.82) is 0 Å². The zero-order valence-corrected chi connectivity index (χ0v) is 29.0. The van der Waals surface area contributed by atoms with Crippen molar-refractivity contribution in [1.82, 2.24) is 19.5 Å². The molecule has 0 atom stereocenters. The number of nitrogens with zero attached hydrogens (tertiary/aromatic N) is 4. The minimum atomic E-state index is -0.0861. The fourth-order valence-electron chi connectivity index (χ4n) is 8.16. The molecule has 10 rings (SSSR count). The summed E-state index contributed by atoms with van der Waals surface area (Å²) in [4.78, 5) is 15.2. The van der Waals surface area contributed by atoms with Crippen LogP contribution in [-0.4, -0.2) is 19.5 Å². The third kappa shape index (κ3) is 4.65. The number of rotatable bonds is 5. The van der Waals surface area contributed by atoms with Crippen molar-refractivity contribution in [3.05, 3.63) is 181 Å². The van der Waals surface area contributed by atoms with Gasteiger partial charge in [-0.2, -0.15) is 0 Å². The second-order valence-corrected chi connectivity index (χ2v) is 14.0. The van der Waals surface area contributed by atoms with E-state index in [1.807, 2.05) is 30.3 Å². The molecule has 0 bridgehead atoms.